The number of benzene rings is 3. The molecular weight excluding hydrogens is 537 g/mol. The van der Waals surface area contributed by atoms with E-state index < -0.39 is 6.36 Å². The summed E-state index contributed by atoms with van der Waals surface area (Å²) in [5.41, 5.74) is 9.44. The van der Waals surface area contributed by atoms with Crippen LogP contribution in [0.25, 0.3) is 0 Å². The molecule has 208 valence electrons. The maximum absolute atomic E-state index is 12.4. The quantitative estimate of drug-likeness (QED) is 0.251. The number of rotatable bonds is 7. The number of halogens is 3. The van der Waals surface area contributed by atoms with Crippen LogP contribution >= 0.6 is 11.8 Å². The Morgan fingerprint density at radius 1 is 1.10 bits per heavy atom. The van der Waals surface area contributed by atoms with E-state index in [0.29, 0.717) is 11.7 Å². The Bertz CT molecular complexity index is 1420. The van der Waals surface area contributed by atoms with Crippen molar-refractivity contribution >= 4 is 40.9 Å². The van der Waals surface area contributed by atoms with Crippen LogP contribution in [0.1, 0.15) is 42.3 Å². The summed E-state index contributed by atoms with van der Waals surface area (Å²) in [5.74, 6) is 0.679. The number of alkyl halides is 3. The number of nitrogens with one attached hydrogen (secondary N) is 1. The van der Waals surface area contributed by atoms with Gasteiger partial charge in [0.05, 0.1) is 11.9 Å². The number of hydrazine groups is 1. The molecule has 0 amide bonds. The van der Waals surface area contributed by atoms with Crippen molar-refractivity contribution < 1.29 is 17.9 Å². The van der Waals surface area contributed by atoms with Crippen LogP contribution in [0, 0.1) is 6.92 Å². The third-order valence-electron chi connectivity index (χ3n) is 6.59. The van der Waals surface area contributed by atoms with Gasteiger partial charge in [0.25, 0.3) is 0 Å². The minimum absolute atomic E-state index is 0.277. The summed E-state index contributed by atoms with van der Waals surface area (Å²) in [7, 11) is 0. The highest BCUT2D eigenvalue weighted by Crippen LogP contribution is 2.35. The lowest BCUT2D eigenvalue weighted by Gasteiger charge is -2.27. The van der Waals surface area contributed by atoms with Gasteiger partial charge >= 0.3 is 6.36 Å². The number of thioether (sulfide) groups is 1. The number of hydrogen-bond acceptors (Lipinski definition) is 7. The van der Waals surface area contributed by atoms with Gasteiger partial charge in [0, 0.05) is 17.5 Å². The summed E-state index contributed by atoms with van der Waals surface area (Å²) in [6.07, 6.45) is -0.768. The fourth-order valence-corrected chi connectivity index (χ4v) is 5.68. The summed E-state index contributed by atoms with van der Waals surface area (Å²) >= 11 is 1.71. The number of hydrogen-bond donors (Lipinski definition) is 1. The van der Waals surface area contributed by atoms with Gasteiger partial charge in [0.2, 0.25) is 0 Å². The zero-order valence-corrected chi connectivity index (χ0v) is 23.1. The van der Waals surface area contributed by atoms with E-state index in [-0.39, 0.29) is 11.9 Å². The molecule has 2 atom stereocenters. The number of anilines is 2. The van der Waals surface area contributed by atoms with E-state index in [1.807, 2.05) is 24.3 Å². The second-order valence-electron chi connectivity index (χ2n) is 9.47. The molecule has 5 rings (SSSR count). The molecule has 2 unspecified atom stereocenters. The van der Waals surface area contributed by atoms with E-state index in [1.54, 1.807) is 29.3 Å². The van der Waals surface area contributed by atoms with Crippen LogP contribution in [-0.2, 0) is 6.42 Å². The lowest BCUT2D eigenvalue weighted by atomic mass is 10.0. The molecule has 0 saturated carbocycles. The maximum Gasteiger partial charge on any atom is 0.573 e. The van der Waals surface area contributed by atoms with E-state index in [2.05, 4.69) is 69.2 Å². The molecule has 2 heterocycles. The van der Waals surface area contributed by atoms with Crippen molar-refractivity contribution in [2.75, 3.05) is 15.7 Å². The summed E-state index contributed by atoms with van der Waals surface area (Å²) in [5, 5.41) is 11.5. The molecule has 2 aliphatic rings. The predicted molar refractivity (Wildman–Crippen MR) is 156 cm³/mol. The Balaban J connectivity index is 1.22. The summed E-state index contributed by atoms with van der Waals surface area (Å²) < 4.78 is 41.1. The summed E-state index contributed by atoms with van der Waals surface area (Å²) in [6.45, 7) is 6.52. The number of para-hydroxylation sites is 1. The highest BCUT2D eigenvalue weighted by atomic mass is 32.2. The molecular formula is C29H29F3N6OS. The number of nitrogens with zero attached hydrogens (tertiary/aromatic N) is 5. The summed E-state index contributed by atoms with van der Waals surface area (Å²) in [6, 6.07) is 20.1. The zero-order valence-electron chi connectivity index (χ0n) is 22.3. The molecule has 11 heteroatoms. The number of amidine groups is 1. The van der Waals surface area contributed by atoms with Gasteiger partial charge in [0.1, 0.15) is 18.3 Å². The van der Waals surface area contributed by atoms with Crippen LogP contribution in [0.2, 0.25) is 0 Å². The van der Waals surface area contributed by atoms with Crippen LogP contribution < -0.4 is 20.1 Å². The zero-order chi connectivity index (χ0) is 28.3. The van der Waals surface area contributed by atoms with Gasteiger partial charge in [-0.2, -0.15) is 10.5 Å². The molecule has 3 aromatic carbocycles. The lowest BCUT2D eigenvalue weighted by molar-refractivity contribution is -0.274. The molecule has 0 aromatic heterocycles. The number of aryl methyl sites for hydroxylation is 2. The van der Waals surface area contributed by atoms with Gasteiger partial charge < -0.3 is 9.64 Å². The first-order valence-corrected chi connectivity index (χ1v) is 13.9. The van der Waals surface area contributed by atoms with Crippen molar-refractivity contribution in [3.8, 4) is 5.75 Å². The van der Waals surface area contributed by atoms with Crippen molar-refractivity contribution in [1.82, 2.24) is 5.43 Å². The van der Waals surface area contributed by atoms with Crippen LogP contribution in [0.4, 0.5) is 24.5 Å². The number of aliphatic imine (C=N–C) groups is 1. The molecule has 2 aliphatic heterocycles. The van der Waals surface area contributed by atoms with Crippen molar-refractivity contribution in [3.63, 3.8) is 0 Å². The average Bonchev–Trinajstić information content (AvgIpc) is 3.56. The smallest absolute Gasteiger partial charge is 0.406 e. The molecule has 0 bridgehead atoms. The number of ether oxygens (including phenoxy) is 1. The van der Waals surface area contributed by atoms with Gasteiger partial charge in [-0.1, -0.05) is 61.2 Å². The fourth-order valence-electron chi connectivity index (χ4n) is 4.62. The topological polar surface area (TPSA) is 64.8 Å². The highest BCUT2D eigenvalue weighted by Gasteiger charge is 2.32. The lowest BCUT2D eigenvalue weighted by Crippen LogP contribution is -2.33. The maximum atomic E-state index is 12.4. The first kappa shape index (κ1) is 27.7. The van der Waals surface area contributed by atoms with Crippen molar-refractivity contribution in [1.29, 1.82) is 0 Å². The van der Waals surface area contributed by atoms with Crippen LogP contribution in [0.15, 0.2) is 81.9 Å². The Kier molecular flexibility index (Phi) is 8.13. The van der Waals surface area contributed by atoms with Gasteiger partial charge in [-0.25, -0.2) is 4.99 Å². The van der Waals surface area contributed by atoms with Crippen molar-refractivity contribution in [2.45, 2.75) is 45.8 Å². The summed E-state index contributed by atoms with van der Waals surface area (Å²) in [4.78, 5) is 6.77. The van der Waals surface area contributed by atoms with Crippen molar-refractivity contribution in [2.24, 2.45) is 15.2 Å². The van der Waals surface area contributed by atoms with E-state index in [1.165, 1.54) is 41.1 Å². The molecule has 0 spiro atoms. The Hall–Kier alpha value is -3.83. The van der Waals surface area contributed by atoms with Crippen LogP contribution in [0.5, 0.6) is 5.75 Å². The minimum Gasteiger partial charge on any atom is -0.406 e. The highest BCUT2D eigenvalue weighted by molar-refractivity contribution is 8.14. The Morgan fingerprint density at radius 3 is 2.55 bits per heavy atom. The van der Waals surface area contributed by atoms with Gasteiger partial charge in [-0.05, 0) is 66.8 Å². The van der Waals surface area contributed by atoms with Gasteiger partial charge in [0.15, 0.2) is 5.17 Å². The molecule has 40 heavy (non-hydrogen) atoms. The first-order valence-electron chi connectivity index (χ1n) is 12.9. The van der Waals surface area contributed by atoms with E-state index in [0.717, 1.165) is 28.5 Å². The molecule has 3 aromatic rings. The second-order valence-corrected chi connectivity index (χ2v) is 10.5. The molecule has 1 N–H and O–H groups in total. The van der Waals surface area contributed by atoms with Gasteiger partial charge in [-0.3, -0.25) is 5.01 Å². The van der Waals surface area contributed by atoms with E-state index in [4.69, 9.17) is 0 Å². The van der Waals surface area contributed by atoms with Crippen LogP contribution in [0.3, 0.4) is 0 Å². The monoisotopic (exact) mass is 566 g/mol. The van der Waals surface area contributed by atoms with Crippen LogP contribution in [-0.4, -0.2) is 35.9 Å². The average molecular weight is 567 g/mol. The van der Waals surface area contributed by atoms with Crippen molar-refractivity contribution in [3.05, 3.63) is 89.0 Å². The third kappa shape index (κ3) is 6.31. The third-order valence-corrected chi connectivity index (χ3v) is 7.77. The molecule has 1 fully saturated rings. The Morgan fingerprint density at radius 2 is 1.85 bits per heavy atom. The molecule has 0 aliphatic carbocycles. The van der Waals surface area contributed by atoms with E-state index >= 15 is 0 Å². The first-order chi connectivity index (χ1) is 19.2. The predicted octanol–water partition coefficient (Wildman–Crippen LogP) is 6.84. The fraction of sp³-hybridized carbons (Fsp3) is 0.276. The molecule has 1 saturated heterocycles. The SMILES string of the molecule is CCc1cccc(C)c1N1/C(=N/N=C/c2ccc(C3N=CN(c4ccc(OC(F)(F)F)cc4)N3)cc2)SCC1C. The van der Waals surface area contributed by atoms with Gasteiger partial charge in [-0.15, -0.1) is 18.3 Å². The normalized spacial score (nSPS) is 20.3. The standard InChI is InChI=1S/C29H29F3N6OS/c1-4-22-7-5-6-19(2)26(22)38-20(3)17-40-28(38)35-34-16-21-8-10-23(11-9-21)27-33-18-37(36-27)24-12-14-25(15-13-24)39-29(30,31)32/h5-16,18,20,27,36H,4,17H2,1-3H3/b34-16+,35-28-. The molecule has 7 nitrogen and oxygen atoms in total. The second kappa shape index (κ2) is 11.7. The Labute approximate surface area is 235 Å². The molecule has 0 radical (unpaired) electrons. The van der Waals surface area contributed by atoms with E-state index in [9.17, 15) is 13.2 Å². The minimum atomic E-state index is -4.72. The largest absolute Gasteiger partial charge is 0.573 e.